The summed E-state index contributed by atoms with van der Waals surface area (Å²) in [5.41, 5.74) is 2.07. The molecule has 0 aliphatic carbocycles. The van der Waals surface area contributed by atoms with E-state index in [0.717, 1.165) is 56.6 Å². The van der Waals surface area contributed by atoms with E-state index in [2.05, 4.69) is 14.9 Å². The van der Waals surface area contributed by atoms with Crippen LogP contribution in [0.1, 0.15) is 16.3 Å². The summed E-state index contributed by atoms with van der Waals surface area (Å²) in [5.74, 6) is 0. The van der Waals surface area contributed by atoms with Crippen LogP contribution < -0.4 is 10.5 Å². The quantitative estimate of drug-likeness (QED) is 0.806. The van der Waals surface area contributed by atoms with E-state index < -0.39 is 0 Å². The van der Waals surface area contributed by atoms with Gasteiger partial charge in [0.05, 0.1) is 36.0 Å². The third-order valence-electron chi connectivity index (χ3n) is 4.75. The number of aromatic nitrogens is 3. The number of anilines is 1. The van der Waals surface area contributed by atoms with Crippen molar-refractivity contribution in [2.24, 2.45) is 0 Å². The van der Waals surface area contributed by atoms with Crippen LogP contribution in [-0.4, -0.2) is 59.0 Å². The molecule has 0 unspecified atom stereocenters. The predicted octanol–water partition coefficient (Wildman–Crippen LogP) is 0.903. The van der Waals surface area contributed by atoms with Crippen molar-refractivity contribution in [2.75, 3.05) is 44.2 Å². The molecule has 2 aromatic rings. The second kappa shape index (κ2) is 7.23. The van der Waals surface area contributed by atoms with Crippen LogP contribution in [0.2, 0.25) is 0 Å². The van der Waals surface area contributed by atoms with Crippen LogP contribution in [-0.2, 0) is 24.3 Å². The molecule has 4 rings (SSSR count). The summed E-state index contributed by atoms with van der Waals surface area (Å²) < 4.78 is 7.08. The van der Waals surface area contributed by atoms with E-state index in [1.807, 2.05) is 6.92 Å². The van der Waals surface area contributed by atoms with Crippen molar-refractivity contribution in [1.82, 2.24) is 19.7 Å². The molecule has 0 radical (unpaired) electrons. The Balaban J connectivity index is 1.31. The highest BCUT2D eigenvalue weighted by atomic mass is 32.1. The summed E-state index contributed by atoms with van der Waals surface area (Å²) >= 11 is 1.77. The molecule has 0 N–H and O–H groups in total. The van der Waals surface area contributed by atoms with Gasteiger partial charge in [0.15, 0.2) is 5.13 Å². The zero-order valence-electron chi connectivity index (χ0n) is 14.5. The van der Waals surface area contributed by atoms with E-state index in [1.54, 1.807) is 28.2 Å². The fourth-order valence-corrected chi connectivity index (χ4v) is 4.35. The third-order valence-corrected chi connectivity index (χ3v) is 5.89. The fourth-order valence-electron chi connectivity index (χ4n) is 3.26. The van der Waals surface area contributed by atoms with Gasteiger partial charge in [0, 0.05) is 45.2 Å². The lowest BCUT2D eigenvalue weighted by Crippen LogP contribution is -2.47. The molecule has 0 atom stereocenters. The first kappa shape index (κ1) is 16.7. The zero-order chi connectivity index (χ0) is 17.2. The van der Waals surface area contributed by atoms with Crippen LogP contribution in [0.3, 0.4) is 0 Å². The van der Waals surface area contributed by atoms with Gasteiger partial charge in [-0.15, -0.1) is 0 Å². The summed E-state index contributed by atoms with van der Waals surface area (Å²) in [6.45, 7) is 8.83. The monoisotopic (exact) mass is 361 g/mol. The Morgan fingerprint density at radius 2 is 2.04 bits per heavy atom. The van der Waals surface area contributed by atoms with Crippen LogP contribution in [0.25, 0.3) is 0 Å². The molecule has 0 saturated carbocycles. The lowest BCUT2D eigenvalue weighted by atomic mass is 10.2. The van der Waals surface area contributed by atoms with E-state index in [-0.39, 0.29) is 5.56 Å². The Hall–Kier alpha value is -1.77. The van der Waals surface area contributed by atoms with Crippen LogP contribution in [0, 0.1) is 6.92 Å². The van der Waals surface area contributed by atoms with Crippen molar-refractivity contribution in [3.8, 4) is 0 Å². The minimum Gasteiger partial charge on any atom is -0.375 e. The summed E-state index contributed by atoms with van der Waals surface area (Å²) in [7, 11) is 0. The lowest BCUT2D eigenvalue weighted by molar-refractivity contribution is 0.112. The van der Waals surface area contributed by atoms with Crippen LogP contribution in [0.4, 0.5) is 5.13 Å². The molecule has 7 nitrogen and oxygen atoms in total. The third kappa shape index (κ3) is 3.75. The molecule has 2 aliphatic heterocycles. The van der Waals surface area contributed by atoms with Crippen molar-refractivity contribution in [3.63, 3.8) is 0 Å². The first-order valence-corrected chi connectivity index (χ1v) is 9.59. The van der Waals surface area contributed by atoms with E-state index in [0.29, 0.717) is 13.2 Å². The van der Waals surface area contributed by atoms with E-state index >= 15 is 0 Å². The number of hydrogen-bond donors (Lipinski definition) is 0. The zero-order valence-corrected chi connectivity index (χ0v) is 15.3. The molecule has 1 saturated heterocycles. The molecule has 1 fully saturated rings. The number of nitrogens with zero attached hydrogens (tertiary/aromatic N) is 5. The number of hydrogen-bond acceptors (Lipinski definition) is 7. The van der Waals surface area contributed by atoms with Crippen molar-refractivity contribution in [2.45, 2.75) is 26.5 Å². The predicted molar refractivity (Wildman–Crippen MR) is 97.4 cm³/mol. The number of thiazole rings is 1. The topological polar surface area (TPSA) is 63.5 Å². The molecular weight excluding hydrogens is 338 g/mol. The first-order valence-electron chi connectivity index (χ1n) is 8.77. The first-order chi connectivity index (χ1) is 12.2. The molecule has 0 amide bonds. The number of piperazine rings is 1. The van der Waals surface area contributed by atoms with Gasteiger partial charge >= 0.3 is 0 Å². The van der Waals surface area contributed by atoms with Gasteiger partial charge in [-0.25, -0.2) is 9.67 Å². The Labute approximate surface area is 150 Å². The normalized spacial score (nSPS) is 18.4. The standard InChI is InChI=1S/C17H23N5O2S/c1-13-2-3-16(23)22(19-13)10-7-20-5-8-21(9-6-20)17-18-14-4-11-24-12-15(14)25-17/h2-3H,4-12H2,1H3. The van der Waals surface area contributed by atoms with Crippen molar-refractivity contribution < 1.29 is 4.74 Å². The van der Waals surface area contributed by atoms with Gasteiger partial charge in [-0.1, -0.05) is 11.3 Å². The maximum Gasteiger partial charge on any atom is 0.266 e. The molecule has 0 aromatic carbocycles. The van der Waals surface area contributed by atoms with E-state index in [4.69, 9.17) is 9.72 Å². The molecular formula is C17H23N5O2S. The second-order valence-corrected chi connectivity index (χ2v) is 7.60. The molecule has 4 heterocycles. The number of fused-ring (bicyclic) bond motifs is 1. The molecule has 134 valence electrons. The minimum atomic E-state index is -0.0279. The number of rotatable bonds is 4. The lowest BCUT2D eigenvalue weighted by Gasteiger charge is -2.34. The molecule has 25 heavy (non-hydrogen) atoms. The summed E-state index contributed by atoms with van der Waals surface area (Å²) in [5, 5.41) is 5.43. The number of aryl methyl sites for hydroxylation is 1. The Morgan fingerprint density at radius 3 is 2.84 bits per heavy atom. The summed E-state index contributed by atoms with van der Waals surface area (Å²) in [6.07, 6.45) is 0.935. The van der Waals surface area contributed by atoms with Gasteiger partial charge in [-0.05, 0) is 13.0 Å². The SMILES string of the molecule is Cc1ccc(=O)n(CCN2CCN(c3nc4c(s3)COCC4)CC2)n1. The van der Waals surface area contributed by atoms with Crippen molar-refractivity contribution in [1.29, 1.82) is 0 Å². The van der Waals surface area contributed by atoms with Gasteiger partial charge in [-0.2, -0.15) is 5.10 Å². The van der Waals surface area contributed by atoms with Crippen LogP contribution in [0.15, 0.2) is 16.9 Å². The smallest absolute Gasteiger partial charge is 0.266 e. The molecule has 0 bridgehead atoms. The molecule has 2 aromatic heterocycles. The Kier molecular flexibility index (Phi) is 4.82. The van der Waals surface area contributed by atoms with Gasteiger partial charge < -0.3 is 9.64 Å². The highest BCUT2D eigenvalue weighted by molar-refractivity contribution is 7.15. The minimum absolute atomic E-state index is 0.0279. The van der Waals surface area contributed by atoms with Crippen molar-refractivity contribution >= 4 is 16.5 Å². The van der Waals surface area contributed by atoms with Gasteiger partial charge in [0.1, 0.15) is 0 Å². The van der Waals surface area contributed by atoms with E-state index in [1.165, 1.54) is 10.6 Å². The Morgan fingerprint density at radius 1 is 1.20 bits per heavy atom. The highest BCUT2D eigenvalue weighted by Crippen LogP contribution is 2.30. The summed E-state index contributed by atoms with van der Waals surface area (Å²) in [6, 6.07) is 3.35. The van der Waals surface area contributed by atoms with Crippen LogP contribution in [0.5, 0.6) is 0 Å². The maximum absolute atomic E-state index is 11.8. The maximum atomic E-state index is 11.8. The highest BCUT2D eigenvalue weighted by Gasteiger charge is 2.22. The average Bonchev–Trinajstić information content (AvgIpc) is 3.07. The largest absolute Gasteiger partial charge is 0.375 e. The molecule has 2 aliphatic rings. The van der Waals surface area contributed by atoms with Gasteiger partial charge in [0.2, 0.25) is 0 Å². The summed E-state index contributed by atoms with van der Waals surface area (Å²) in [4.78, 5) is 22.7. The Bertz CT molecular complexity index is 771. The molecule has 0 spiro atoms. The fraction of sp³-hybridized carbons (Fsp3) is 0.588. The van der Waals surface area contributed by atoms with Crippen LogP contribution >= 0.6 is 11.3 Å². The van der Waals surface area contributed by atoms with Gasteiger partial charge in [-0.3, -0.25) is 9.69 Å². The average molecular weight is 361 g/mol. The number of ether oxygens (including phenoxy) is 1. The van der Waals surface area contributed by atoms with Gasteiger partial charge in [0.25, 0.3) is 5.56 Å². The molecule has 8 heteroatoms. The second-order valence-electron chi connectivity index (χ2n) is 6.53. The van der Waals surface area contributed by atoms with Crippen molar-refractivity contribution in [3.05, 3.63) is 38.8 Å². The van der Waals surface area contributed by atoms with E-state index in [9.17, 15) is 4.79 Å².